The summed E-state index contributed by atoms with van der Waals surface area (Å²) in [6.07, 6.45) is 4.90. The van der Waals surface area contributed by atoms with E-state index >= 15 is 0 Å². The third-order valence-electron chi connectivity index (χ3n) is 4.91. The van der Waals surface area contributed by atoms with Crippen LogP contribution in [0.4, 0.5) is 0 Å². The number of thiazole rings is 1. The highest BCUT2D eigenvalue weighted by molar-refractivity contribution is 7.16. The molecule has 0 spiro atoms. The summed E-state index contributed by atoms with van der Waals surface area (Å²) in [4.78, 5) is 24.1. The van der Waals surface area contributed by atoms with Crippen LogP contribution in [0.2, 0.25) is 0 Å². The van der Waals surface area contributed by atoms with Crippen molar-refractivity contribution in [3.05, 3.63) is 35.0 Å². The van der Waals surface area contributed by atoms with E-state index in [1.807, 2.05) is 28.6 Å². The molecule has 4 rings (SSSR count). The topological polar surface area (TPSA) is 66.8 Å². The van der Waals surface area contributed by atoms with Gasteiger partial charge in [-0.1, -0.05) is 19.9 Å². The Morgan fingerprint density at radius 3 is 2.96 bits per heavy atom. The molecule has 0 radical (unpaired) electrons. The van der Waals surface area contributed by atoms with Gasteiger partial charge in [0.2, 0.25) is 5.96 Å². The number of hydrogen-bond acceptors (Lipinski definition) is 5. The zero-order valence-corrected chi connectivity index (χ0v) is 17.3. The third kappa shape index (κ3) is 4.10. The number of aromatic nitrogens is 1. The van der Waals surface area contributed by atoms with E-state index in [2.05, 4.69) is 30.2 Å². The van der Waals surface area contributed by atoms with Crippen molar-refractivity contribution < 1.29 is 9.53 Å². The first-order valence-corrected chi connectivity index (χ1v) is 10.7. The SMILES string of the molecule is COC[C@@H](CC(C)C)N=C1N/C(=C\c2ccc3ncsc3c2)C(=O)N1C1CC1. The number of carbonyl (C=O) groups excluding carboxylic acids is 1. The van der Waals surface area contributed by atoms with E-state index < -0.39 is 0 Å². The molecule has 2 aromatic rings. The maximum Gasteiger partial charge on any atom is 0.277 e. The standard InChI is InChI=1S/C21H26N4O2S/c1-13(2)8-15(11-27-3)23-21-24-18(20(26)25(21)16-5-6-16)9-14-4-7-17-19(10-14)28-12-22-17/h4,7,9-10,12-13,15-16H,5-6,8,11H2,1-3H3,(H,23,24)/b18-9-/t15-/m1/s1. The number of amides is 1. The molecule has 1 aromatic carbocycles. The second kappa shape index (κ2) is 8.01. The number of ether oxygens (including phenoxy) is 1. The Kier molecular flexibility index (Phi) is 5.46. The monoisotopic (exact) mass is 398 g/mol. The van der Waals surface area contributed by atoms with Crippen LogP contribution in [0.5, 0.6) is 0 Å². The van der Waals surface area contributed by atoms with Crippen LogP contribution < -0.4 is 5.32 Å². The summed E-state index contributed by atoms with van der Waals surface area (Å²) >= 11 is 1.60. The van der Waals surface area contributed by atoms with Crippen LogP contribution in [0.25, 0.3) is 16.3 Å². The van der Waals surface area contributed by atoms with Crippen LogP contribution in [0, 0.1) is 5.92 Å². The Balaban J connectivity index is 1.62. The second-order valence-electron chi connectivity index (χ2n) is 7.86. The number of guanidine groups is 1. The lowest BCUT2D eigenvalue weighted by atomic mass is 10.1. The first kappa shape index (κ1) is 19.1. The molecule has 1 atom stereocenters. The minimum absolute atomic E-state index is 0.00589. The number of methoxy groups -OCH3 is 1. The minimum Gasteiger partial charge on any atom is -0.382 e. The summed E-state index contributed by atoms with van der Waals surface area (Å²) in [5, 5.41) is 3.28. The first-order chi connectivity index (χ1) is 13.5. The van der Waals surface area contributed by atoms with Crippen LogP contribution in [0.15, 0.2) is 34.4 Å². The molecule has 1 N–H and O–H groups in total. The normalized spacial score (nSPS) is 21.3. The van der Waals surface area contributed by atoms with Crippen molar-refractivity contribution in [2.24, 2.45) is 10.9 Å². The van der Waals surface area contributed by atoms with E-state index in [4.69, 9.17) is 9.73 Å². The van der Waals surface area contributed by atoms with Crippen LogP contribution in [0.3, 0.4) is 0 Å². The summed E-state index contributed by atoms with van der Waals surface area (Å²) in [6.45, 7) is 4.91. The summed E-state index contributed by atoms with van der Waals surface area (Å²) < 4.78 is 6.47. The van der Waals surface area contributed by atoms with Gasteiger partial charge in [-0.05, 0) is 49.0 Å². The number of rotatable bonds is 7. The molecule has 2 fully saturated rings. The zero-order valence-electron chi connectivity index (χ0n) is 16.5. The number of hydrogen-bond donors (Lipinski definition) is 1. The Bertz CT molecular complexity index is 929. The van der Waals surface area contributed by atoms with Gasteiger partial charge in [0, 0.05) is 13.2 Å². The predicted octanol–water partition coefficient (Wildman–Crippen LogP) is 3.65. The van der Waals surface area contributed by atoms with E-state index in [1.54, 1.807) is 18.4 Å². The van der Waals surface area contributed by atoms with Gasteiger partial charge in [-0.15, -0.1) is 11.3 Å². The van der Waals surface area contributed by atoms with Gasteiger partial charge in [0.1, 0.15) is 5.70 Å². The molecule has 1 aliphatic carbocycles. The van der Waals surface area contributed by atoms with Crippen molar-refractivity contribution in [2.45, 2.75) is 45.2 Å². The number of aliphatic imine (C=N–C) groups is 1. The summed E-state index contributed by atoms with van der Waals surface area (Å²) in [7, 11) is 1.69. The van der Waals surface area contributed by atoms with E-state index in [9.17, 15) is 4.79 Å². The lowest BCUT2D eigenvalue weighted by molar-refractivity contribution is -0.122. The van der Waals surface area contributed by atoms with Gasteiger partial charge in [0.05, 0.1) is 28.4 Å². The number of fused-ring (bicyclic) bond motifs is 1. The van der Waals surface area contributed by atoms with Gasteiger partial charge in [-0.25, -0.2) is 9.98 Å². The average Bonchev–Trinajstić information content (AvgIpc) is 3.28. The molecule has 1 saturated carbocycles. The van der Waals surface area contributed by atoms with E-state index in [0.29, 0.717) is 24.2 Å². The fourth-order valence-corrected chi connectivity index (χ4v) is 4.24. The Labute approximate surface area is 169 Å². The second-order valence-corrected chi connectivity index (χ2v) is 8.75. The van der Waals surface area contributed by atoms with Crippen molar-refractivity contribution in [2.75, 3.05) is 13.7 Å². The number of nitrogens with one attached hydrogen (secondary N) is 1. The molecule has 6 nitrogen and oxygen atoms in total. The Morgan fingerprint density at radius 2 is 2.25 bits per heavy atom. The highest BCUT2D eigenvalue weighted by atomic mass is 32.1. The molecule has 0 unspecified atom stereocenters. The van der Waals surface area contributed by atoms with Crippen molar-refractivity contribution in [1.82, 2.24) is 15.2 Å². The van der Waals surface area contributed by atoms with Gasteiger partial charge in [0.25, 0.3) is 5.91 Å². The van der Waals surface area contributed by atoms with Crippen LogP contribution in [0.1, 0.15) is 38.7 Å². The largest absolute Gasteiger partial charge is 0.382 e. The molecule has 28 heavy (non-hydrogen) atoms. The molecule has 1 aromatic heterocycles. The summed E-state index contributed by atoms with van der Waals surface area (Å²) in [5.74, 6) is 1.18. The molecule has 2 aliphatic rings. The van der Waals surface area contributed by atoms with E-state index in [1.165, 1.54) is 0 Å². The molecule has 1 saturated heterocycles. The summed E-state index contributed by atoms with van der Waals surface area (Å²) in [5.41, 5.74) is 4.39. The summed E-state index contributed by atoms with van der Waals surface area (Å²) in [6, 6.07) is 6.35. The number of carbonyl (C=O) groups is 1. The van der Waals surface area contributed by atoms with Crippen molar-refractivity contribution in [1.29, 1.82) is 0 Å². The third-order valence-corrected chi connectivity index (χ3v) is 5.70. The van der Waals surface area contributed by atoms with Gasteiger partial charge in [0.15, 0.2) is 0 Å². The van der Waals surface area contributed by atoms with Crippen LogP contribution >= 0.6 is 11.3 Å². The first-order valence-electron chi connectivity index (χ1n) is 9.77. The van der Waals surface area contributed by atoms with Gasteiger partial charge in [-0.3, -0.25) is 9.69 Å². The van der Waals surface area contributed by atoms with Gasteiger partial charge < -0.3 is 10.1 Å². The number of nitrogens with zero attached hydrogens (tertiary/aromatic N) is 3. The molecule has 2 heterocycles. The quantitative estimate of drug-likeness (QED) is 0.723. The molecule has 148 valence electrons. The predicted molar refractivity (Wildman–Crippen MR) is 113 cm³/mol. The fourth-order valence-electron chi connectivity index (χ4n) is 3.52. The minimum atomic E-state index is 0.00589. The highest BCUT2D eigenvalue weighted by Crippen LogP contribution is 2.31. The lowest BCUT2D eigenvalue weighted by Gasteiger charge is -2.19. The molecule has 7 heteroatoms. The smallest absolute Gasteiger partial charge is 0.277 e. The van der Waals surface area contributed by atoms with Gasteiger partial charge >= 0.3 is 0 Å². The highest BCUT2D eigenvalue weighted by Gasteiger charge is 2.42. The molecular weight excluding hydrogens is 372 g/mol. The molecular formula is C21H26N4O2S. The van der Waals surface area contributed by atoms with E-state index in [0.717, 1.165) is 35.0 Å². The van der Waals surface area contributed by atoms with E-state index in [-0.39, 0.29) is 18.0 Å². The molecule has 1 amide bonds. The van der Waals surface area contributed by atoms with Crippen molar-refractivity contribution in [3.63, 3.8) is 0 Å². The zero-order chi connectivity index (χ0) is 19.7. The fraction of sp³-hybridized carbons (Fsp3) is 0.476. The van der Waals surface area contributed by atoms with Crippen molar-refractivity contribution in [3.8, 4) is 0 Å². The van der Waals surface area contributed by atoms with Crippen LogP contribution in [-0.2, 0) is 9.53 Å². The molecule has 1 aliphatic heterocycles. The maximum atomic E-state index is 13.1. The Hall–Kier alpha value is -2.25. The Morgan fingerprint density at radius 1 is 1.43 bits per heavy atom. The molecule has 0 bridgehead atoms. The lowest BCUT2D eigenvalue weighted by Crippen LogP contribution is -2.36. The van der Waals surface area contributed by atoms with Gasteiger partial charge in [-0.2, -0.15) is 0 Å². The van der Waals surface area contributed by atoms with Crippen molar-refractivity contribution >= 4 is 39.5 Å². The number of benzene rings is 1. The average molecular weight is 399 g/mol. The maximum absolute atomic E-state index is 13.1. The van der Waals surface area contributed by atoms with Crippen LogP contribution in [-0.4, -0.2) is 47.6 Å².